The zero-order valence-electron chi connectivity index (χ0n) is 25.0. The Morgan fingerprint density at radius 1 is 1.02 bits per heavy atom. The fraction of sp³-hybridized carbons (Fsp3) is 0.548. The molecule has 0 N–H and O–H groups in total. The van der Waals surface area contributed by atoms with Crippen molar-refractivity contribution in [3.8, 4) is 16.3 Å². The summed E-state index contributed by atoms with van der Waals surface area (Å²) in [5.41, 5.74) is 3.34. The summed E-state index contributed by atoms with van der Waals surface area (Å²) >= 11 is 1.75. The summed E-state index contributed by atoms with van der Waals surface area (Å²) in [6.45, 7) is 16.7. The molecule has 1 aliphatic heterocycles. The molecule has 1 aliphatic rings. The number of hydrogen-bond acceptors (Lipinski definition) is 7. The highest BCUT2D eigenvalue weighted by Gasteiger charge is 2.30. The van der Waals surface area contributed by atoms with Gasteiger partial charge in [-0.2, -0.15) is 0 Å². The predicted octanol–water partition coefficient (Wildman–Crippen LogP) is 6.19. The fourth-order valence-electron chi connectivity index (χ4n) is 5.18. The summed E-state index contributed by atoms with van der Waals surface area (Å²) in [6.07, 6.45) is 6.93. The Kier molecular flexibility index (Phi) is 8.73. The van der Waals surface area contributed by atoms with Crippen molar-refractivity contribution in [3.05, 3.63) is 52.6 Å². The van der Waals surface area contributed by atoms with Crippen LogP contribution in [0, 0.1) is 0 Å². The summed E-state index contributed by atoms with van der Waals surface area (Å²) < 4.78 is 12.5. The smallest absolute Gasteiger partial charge is 0.374 e. The molecule has 8 nitrogen and oxygen atoms in total. The second-order valence-electron chi connectivity index (χ2n) is 12.4. The van der Waals surface area contributed by atoms with Gasteiger partial charge in [-0.15, -0.1) is 11.3 Å². The monoisotopic (exact) mass is 566 g/mol. The number of esters is 1. The van der Waals surface area contributed by atoms with E-state index in [2.05, 4.69) is 58.7 Å². The van der Waals surface area contributed by atoms with Gasteiger partial charge in [0.2, 0.25) is 11.7 Å². The van der Waals surface area contributed by atoms with E-state index in [1.165, 1.54) is 22.2 Å². The standard InChI is InChI=1S/C31H42N4O4S/c1-9-39-29(37)27-32-12-15-35(27)19-25(36)34-13-10-20(11-14-34)24-18-33-28(40-24)21-16-22(30(2,3)4)26(38-8)23(17-21)31(5,6)7/h12,15-18,20H,9-11,13-14,19H2,1-8H3. The Morgan fingerprint density at radius 3 is 2.20 bits per heavy atom. The summed E-state index contributed by atoms with van der Waals surface area (Å²) in [5, 5.41) is 1.01. The minimum atomic E-state index is -0.513. The van der Waals surface area contributed by atoms with Crippen molar-refractivity contribution < 1.29 is 19.1 Å². The second-order valence-corrected chi connectivity index (χ2v) is 13.5. The van der Waals surface area contributed by atoms with Crippen LogP contribution >= 0.6 is 11.3 Å². The van der Waals surface area contributed by atoms with E-state index in [4.69, 9.17) is 14.5 Å². The number of methoxy groups -OCH3 is 1. The third kappa shape index (κ3) is 6.40. The Hall–Kier alpha value is -3.20. The van der Waals surface area contributed by atoms with Gasteiger partial charge in [0.1, 0.15) is 17.3 Å². The van der Waals surface area contributed by atoms with Crippen LogP contribution in [0.25, 0.3) is 10.6 Å². The maximum absolute atomic E-state index is 13.0. The molecule has 1 fully saturated rings. The van der Waals surface area contributed by atoms with Gasteiger partial charge in [-0.05, 0) is 48.6 Å². The average Bonchev–Trinajstić information content (AvgIpc) is 3.57. The highest BCUT2D eigenvalue weighted by atomic mass is 32.1. The molecule has 3 heterocycles. The Morgan fingerprint density at radius 2 is 1.65 bits per heavy atom. The molecule has 0 spiro atoms. The predicted molar refractivity (Wildman–Crippen MR) is 158 cm³/mol. The zero-order chi connectivity index (χ0) is 29.2. The van der Waals surface area contributed by atoms with Crippen molar-refractivity contribution in [2.75, 3.05) is 26.8 Å². The van der Waals surface area contributed by atoms with Gasteiger partial charge in [0.25, 0.3) is 0 Å². The molecule has 0 radical (unpaired) electrons. The number of likely N-dealkylation sites (tertiary alicyclic amines) is 1. The number of amides is 1. The largest absolute Gasteiger partial charge is 0.496 e. The zero-order valence-corrected chi connectivity index (χ0v) is 25.9. The minimum absolute atomic E-state index is 0.0188. The normalized spacial score (nSPS) is 14.8. The summed E-state index contributed by atoms with van der Waals surface area (Å²) in [5.74, 6) is 0.949. The number of ether oxygens (including phenoxy) is 2. The Bertz CT molecular complexity index is 1320. The lowest BCUT2D eigenvalue weighted by molar-refractivity contribution is -0.132. The Balaban J connectivity index is 1.47. The first kappa shape index (κ1) is 29.8. The van der Waals surface area contributed by atoms with Gasteiger partial charge in [-0.1, -0.05) is 41.5 Å². The fourth-order valence-corrected chi connectivity index (χ4v) is 6.25. The number of imidazole rings is 1. The number of carbonyl (C=O) groups is 2. The molecular weight excluding hydrogens is 524 g/mol. The second kappa shape index (κ2) is 11.7. The number of benzene rings is 1. The molecule has 0 saturated carbocycles. The molecule has 0 bridgehead atoms. The van der Waals surface area contributed by atoms with E-state index in [9.17, 15) is 9.59 Å². The first-order valence-electron chi connectivity index (χ1n) is 14.0. The van der Waals surface area contributed by atoms with Crippen LogP contribution < -0.4 is 4.74 Å². The molecule has 0 atom stereocenters. The molecular formula is C31H42N4O4S. The van der Waals surface area contributed by atoms with Crippen molar-refractivity contribution in [1.29, 1.82) is 0 Å². The van der Waals surface area contributed by atoms with E-state index in [1.54, 1.807) is 36.1 Å². The average molecular weight is 567 g/mol. The highest BCUT2D eigenvalue weighted by Crippen LogP contribution is 2.44. The maximum Gasteiger partial charge on any atom is 0.374 e. The number of carbonyl (C=O) groups excluding carboxylic acids is 2. The van der Waals surface area contributed by atoms with Gasteiger partial charge in [0.15, 0.2) is 0 Å². The number of piperidine rings is 1. The van der Waals surface area contributed by atoms with E-state index < -0.39 is 5.97 Å². The Labute approximate surface area is 241 Å². The number of rotatable bonds is 7. The summed E-state index contributed by atoms with van der Waals surface area (Å²) in [6, 6.07) is 4.47. The van der Waals surface area contributed by atoms with Gasteiger partial charge in [-0.3, -0.25) is 4.79 Å². The molecule has 0 unspecified atom stereocenters. The molecule has 1 amide bonds. The van der Waals surface area contributed by atoms with Gasteiger partial charge < -0.3 is 18.9 Å². The van der Waals surface area contributed by atoms with Crippen molar-refractivity contribution in [2.45, 2.75) is 84.6 Å². The molecule has 1 saturated heterocycles. The first-order chi connectivity index (χ1) is 18.8. The van der Waals surface area contributed by atoms with Crippen LogP contribution in [0.3, 0.4) is 0 Å². The van der Waals surface area contributed by atoms with Gasteiger partial charge in [0, 0.05) is 53.2 Å². The topological polar surface area (TPSA) is 86.5 Å². The first-order valence-corrected chi connectivity index (χ1v) is 14.8. The quantitative estimate of drug-likeness (QED) is 0.317. The number of aromatic nitrogens is 3. The van der Waals surface area contributed by atoms with E-state index in [-0.39, 0.29) is 35.7 Å². The molecule has 216 valence electrons. The lowest BCUT2D eigenvalue weighted by Gasteiger charge is -2.31. The van der Waals surface area contributed by atoms with Crippen molar-refractivity contribution in [2.24, 2.45) is 0 Å². The third-order valence-corrected chi connectivity index (χ3v) is 8.62. The number of hydrogen-bond donors (Lipinski definition) is 0. The molecule has 3 aromatic rings. The summed E-state index contributed by atoms with van der Waals surface area (Å²) in [4.78, 5) is 37.2. The molecule has 4 rings (SSSR count). The van der Waals surface area contributed by atoms with Crippen LogP contribution in [0.15, 0.2) is 30.7 Å². The van der Waals surface area contributed by atoms with E-state index >= 15 is 0 Å². The summed E-state index contributed by atoms with van der Waals surface area (Å²) in [7, 11) is 1.76. The van der Waals surface area contributed by atoms with Crippen LogP contribution in [0.4, 0.5) is 0 Å². The molecule has 1 aromatic carbocycles. The number of nitrogens with zero attached hydrogens (tertiary/aromatic N) is 4. The molecule has 9 heteroatoms. The van der Waals surface area contributed by atoms with Crippen molar-refractivity contribution in [3.63, 3.8) is 0 Å². The molecule has 0 aliphatic carbocycles. The van der Waals surface area contributed by atoms with E-state index in [1.807, 2.05) is 11.1 Å². The van der Waals surface area contributed by atoms with Gasteiger partial charge >= 0.3 is 5.97 Å². The van der Waals surface area contributed by atoms with Crippen LogP contribution in [-0.4, -0.2) is 58.1 Å². The highest BCUT2D eigenvalue weighted by molar-refractivity contribution is 7.15. The molecule has 40 heavy (non-hydrogen) atoms. The van der Waals surface area contributed by atoms with E-state index in [0.717, 1.165) is 29.2 Å². The maximum atomic E-state index is 13.0. The SMILES string of the molecule is CCOC(=O)c1nccn1CC(=O)N1CCC(c2cnc(-c3cc(C(C)(C)C)c(OC)c(C(C)(C)C)c3)s2)CC1. The van der Waals surface area contributed by atoms with Crippen molar-refractivity contribution in [1.82, 2.24) is 19.4 Å². The minimum Gasteiger partial charge on any atom is -0.496 e. The molecule has 2 aromatic heterocycles. The van der Waals surface area contributed by atoms with Crippen molar-refractivity contribution >= 4 is 23.2 Å². The van der Waals surface area contributed by atoms with Crippen LogP contribution in [-0.2, 0) is 26.9 Å². The van der Waals surface area contributed by atoms with Crippen LogP contribution in [0.5, 0.6) is 5.75 Å². The van der Waals surface area contributed by atoms with Gasteiger partial charge in [-0.25, -0.2) is 14.8 Å². The lowest BCUT2D eigenvalue weighted by atomic mass is 9.78. The lowest BCUT2D eigenvalue weighted by Crippen LogP contribution is -2.40. The van der Waals surface area contributed by atoms with E-state index in [0.29, 0.717) is 19.0 Å². The number of thiazole rings is 1. The third-order valence-electron chi connectivity index (χ3n) is 7.41. The van der Waals surface area contributed by atoms with Crippen LogP contribution in [0.1, 0.15) is 93.8 Å². The van der Waals surface area contributed by atoms with Crippen LogP contribution in [0.2, 0.25) is 0 Å². The van der Waals surface area contributed by atoms with Gasteiger partial charge in [0.05, 0.1) is 13.7 Å².